The van der Waals surface area contributed by atoms with Crippen molar-refractivity contribution in [2.24, 2.45) is 0 Å². The number of furan rings is 1. The molecule has 1 heterocycles. The summed E-state index contributed by atoms with van der Waals surface area (Å²) in [5, 5.41) is 18.9. The summed E-state index contributed by atoms with van der Waals surface area (Å²) in [4.78, 5) is 33.3. The van der Waals surface area contributed by atoms with E-state index in [9.17, 15) is 19.7 Å². The Morgan fingerprint density at radius 3 is 2.44 bits per heavy atom. The molecule has 0 bridgehead atoms. The highest BCUT2D eigenvalue weighted by Gasteiger charge is 2.08. The molecule has 0 saturated heterocycles. The molecule has 25 heavy (non-hydrogen) atoms. The van der Waals surface area contributed by atoms with Crippen LogP contribution in [0.15, 0.2) is 47.1 Å². The number of nitrogens with one attached hydrogen (secondary N) is 3. The van der Waals surface area contributed by atoms with Gasteiger partial charge in [0.25, 0.3) is 11.6 Å². The van der Waals surface area contributed by atoms with E-state index < -0.39 is 4.92 Å². The molecule has 2 amide bonds. The van der Waals surface area contributed by atoms with Crippen molar-refractivity contribution in [3.05, 3.63) is 58.5 Å². The van der Waals surface area contributed by atoms with Crippen molar-refractivity contribution in [3.63, 3.8) is 0 Å². The van der Waals surface area contributed by atoms with Crippen molar-refractivity contribution >= 4 is 23.2 Å². The molecule has 1 aromatic heterocycles. The topological polar surface area (TPSA) is 127 Å². The van der Waals surface area contributed by atoms with E-state index in [1.165, 1.54) is 18.4 Å². The zero-order valence-electron chi connectivity index (χ0n) is 13.4. The van der Waals surface area contributed by atoms with Crippen LogP contribution in [0.1, 0.15) is 17.0 Å². The summed E-state index contributed by atoms with van der Waals surface area (Å²) < 4.78 is 4.94. The van der Waals surface area contributed by atoms with E-state index in [1.54, 1.807) is 24.3 Å². The van der Waals surface area contributed by atoms with Gasteiger partial charge >= 0.3 is 0 Å². The highest BCUT2D eigenvalue weighted by molar-refractivity contribution is 5.91. The zero-order chi connectivity index (χ0) is 18.1. The van der Waals surface area contributed by atoms with Crippen molar-refractivity contribution < 1.29 is 18.9 Å². The Bertz CT molecular complexity index is 713. The van der Waals surface area contributed by atoms with E-state index in [-0.39, 0.29) is 36.2 Å². The maximum Gasteiger partial charge on any atom is 0.286 e. The number of amides is 2. The molecular formula is C16H18N4O5. The SMILES string of the molecule is O=C(CCNC(=O)c1ccco1)NCCNc1ccc([N+](=O)[O-])cc1. The number of anilines is 1. The third kappa shape index (κ3) is 5.98. The van der Waals surface area contributed by atoms with E-state index in [4.69, 9.17) is 4.42 Å². The molecule has 0 aliphatic rings. The maximum atomic E-state index is 11.7. The van der Waals surface area contributed by atoms with Gasteiger partial charge in [0.2, 0.25) is 5.91 Å². The lowest BCUT2D eigenvalue weighted by Crippen LogP contribution is -2.32. The predicted octanol–water partition coefficient (Wildman–Crippen LogP) is 1.54. The van der Waals surface area contributed by atoms with Crippen LogP contribution in [0.25, 0.3) is 0 Å². The number of hydrogen-bond acceptors (Lipinski definition) is 6. The van der Waals surface area contributed by atoms with Crippen molar-refractivity contribution in [1.29, 1.82) is 0 Å². The Morgan fingerprint density at radius 2 is 1.80 bits per heavy atom. The molecule has 0 radical (unpaired) electrons. The Labute approximate surface area is 143 Å². The van der Waals surface area contributed by atoms with Crippen LogP contribution in [0.2, 0.25) is 0 Å². The second-order valence-corrected chi connectivity index (χ2v) is 5.06. The van der Waals surface area contributed by atoms with Crippen molar-refractivity contribution in [2.75, 3.05) is 25.0 Å². The summed E-state index contributed by atoms with van der Waals surface area (Å²) in [5.74, 6) is -0.351. The van der Waals surface area contributed by atoms with Gasteiger partial charge in [0.05, 0.1) is 11.2 Å². The Morgan fingerprint density at radius 1 is 1.04 bits per heavy atom. The molecule has 1 aromatic carbocycles. The Balaban J connectivity index is 1.57. The van der Waals surface area contributed by atoms with Gasteiger partial charge in [0.1, 0.15) is 0 Å². The van der Waals surface area contributed by atoms with Gasteiger partial charge in [-0.15, -0.1) is 0 Å². The van der Waals surface area contributed by atoms with Crippen LogP contribution in [-0.2, 0) is 4.79 Å². The number of nitro benzene ring substituents is 1. The first-order valence-electron chi connectivity index (χ1n) is 7.63. The van der Waals surface area contributed by atoms with Crippen LogP contribution < -0.4 is 16.0 Å². The molecule has 0 aliphatic heterocycles. The van der Waals surface area contributed by atoms with Crippen LogP contribution in [0.3, 0.4) is 0 Å². The lowest BCUT2D eigenvalue weighted by molar-refractivity contribution is -0.384. The summed E-state index contributed by atoms with van der Waals surface area (Å²) in [7, 11) is 0. The monoisotopic (exact) mass is 346 g/mol. The minimum absolute atomic E-state index is 0.0236. The van der Waals surface area contributed by atoms with Crippen LogP contribution in [-0.4, -0.2) is 36.4 Å². The molecule has 9 heteroatoms. The van der Waals surface area contributed by atoms with Gasteiger partial charge in [-0.05, 0) is 24.3 Å². The number of nitro groups is 1. The van der Waals surface area contributed by atoms with Gasteiger partial charge in [0.15, 0.2) is 5.76 Å². The summed E-state index contributed by atoms with van der Waals surface area (Å²) in [6.07, 6.45) is 1.56. The molecule has 9 nitrogen and oxygen atoms in total. The quantitative estimate of drug-likeness (QED) is 0.359. The molecular weight excluding hydrogens is 328 g/mol. The highest BCUT2D eigenvalue weighted by Crippen LogP contribution is 2.14. The fraction of sp³-hybridized carbons (Fsp3) is 0.250. The van der Waals surface area contributed by atoms with E-state index in [0.717, 1.165) is 5.69 Å². The van der Waals surface area contributed by atoms with Gasteiger partial charge in [-0.3, -0.25) is 19.7 Å². The Kier molecular flexibility index (Phi) is 6.52. The fourth-order valence-electron chi connectivity index (χ4n) is 1.98. The van der Waals surface area contributed by atoms with Crippen LogP contribution in [0.4, 0.5) is 11.4 Å². The number of hydrogen-bond donors (Lipinski definition) is 3. The van der Waals surface area contributed by atoms with Crippen LogP contribution >= 0.6 is 0 Å². The number of carbonyl (C=O) groups is 2. The normalized spacial score (nSPS) is 10.1. The summed E-state index contributed by atoms with van der Waals surface area (Å²) in [5.41, 5.74) is 0.751. The van der Waals surface area contributed by atoms with Crippen molar-refractivity contribution in [3.8, 4) is 0 Å². The molecule has 0 spiro atoms. The predicted molar refractivity (Wildman–Crippen MR) is 90.3 cm³/mol. The molecule has 2 aromatic rings. The molecule has 0 saturated carbocycles. The van der Waals surface area contributed by atoms with E-state index in [0.29, 0.717) is 13.1 Å². The molecule has 0 atom stereocenters. The smallest absolute Gasteiger partial charge is 0.286 e. The minimum atomic E-state index is -0.464. The highest BCUT2D eigenvalue weighted by atomic mass is 16.6. The van der Waals surface area contributed by atoms with Gasteiger partial charge in [0, 0.05) is 43.9 Å². The molecule has 0 unspecified atom stereocenters. The average Bonchev–Trinajstić information content (AvgIpc) is 3.14. The van der Waals surface area contributed by atoms with Gasteiger partial charge in [-0.2, -0.15) is 0 Å². The summed E-state index contributed by atoms with van der Waals surface area (Å²) in [6, 6.07) is 9.16. The number of nitrogens with zero attached hydrogens (tertiary/aromatic N) is 1. The van der Waals surface area contributed by atoms with Crippen LogP contribution in [0, 0.1) is 10.1 Å². The van der Waals surface area contributed by atoms with Gasteiger partial charge in [-0.1, -0.05) is 0 Å². The van der Waals surface area contributed by atoms with E-state index in [1.807, 2.05) is 0 Å². The fourth-order valence-corrected chi connectivity index (χ4v) is 1.98. The number of benzene rings is 1. The molecule has 3 N–H and O–H groups in total. The average molecular weight is 346 g/mol. The largest absolute Gasteiger partial charge is 0.459 e. The zero-order valence-corrected chi connectivity index (χ0v) is 13.4. The first-order chi connectivity index (χ1) is 12.1. The molecule has 0 fully saturated rings. The summed E-state index contributed by atoms with van der Waals surface area (Å²) >= 11 is 0. The number of carbonyl (C=O) groups excluding carboxylic acids is 2. The third-order valence-electron chi connectivity index (χ3n) is 3.24. The third-order valence-corrected chi connectivity index (χ3v) is 3.24. The van der Waals surface area contributed by atoms with Crippen LogP contribution in [0.5, 0.6) is 0 Å². The van der Waals surface area contributed by atoms with Crippen molar-refractivity contribution in [1.82, 2.24) is 10.6 Å². The van der Waals surface area contributed by atoms with E-state index in [2.05, 4.69) is 16.0 Å². The number of non-ortho nitro benzene ring substituents is 1. The summed E-state index contributed by atoms with van der Waals surface area (Å²) in [6.45, 7) is 1.07. The first kappa shape index (κ1) is 18.0. The molecule has 132 valence electrons. The van der Waals surface area contributed by atoms with E-state index >= 15 is 0 Å². The van der Waals surface area contributed by atoms with Gasteiger partial charge in [-0.25, -0.2) is 0 Å². The number of rotatable bonds is 9. The second-order valence-electron chi connectivity index (χ2n) is 5.06. The second kappa shape index (κ2) is 9.06. The lowest BCUT2D eigenvalue weighted by Gasteiger charge is -2.08. The maximum absolute atomic E-state index is 11.7. The standard InChI is InChI=1S/C16H18N4O5/c21-15(7-8-19-16(22)14-2-1-11-25-14)18-10-9-17-12-3-5-13(6-4-12)20(23)24/h1-6,11,17H,7-10H2,(H,18,21)(H,19,22). The van der Waals surface area contributed by atoms with Crippen molar-refractivity contribution in [2.45, 2.75) is 6.42 Å². The molecule has 0 aliphatic carbocycles. The lowest BCUT2D eigenvalue weighted by atomic mass is 10.3. The van der Waals surface area contributed by atoms with Gasteiger partial charge < -0.3 is 20.4 Å². The first-order valence-corrected chi connectivity index (χ1v) is 7.63. The minimum Gasteiger partial charge on any atom is -0.459 e. The molecule has 2 rings (SSSR count). The Hall–Kier alpha value is -3.36.